The maximum Gasteiger partial charge on any atom is 0.328 e. The van der Waals surface area contributed by atoms with E-state index in [0.717, 1.165) is 28.1 Å². The number of nitrogens with zero attached hydrogens (tertiary/aromatic N) is 1. The molecule has 0 saturated heterocycles. The zero-order valence-corrected chi connectivity index (χ0v) is 10.8. The molecule has 1 aromatic carbocycles. The Hall–Kier alpha value is -1.87. The van der Waals surface area contributed by atoms with Crippen LogP contribution in [0.3, 0.4) is 0 Å². The molecule has 1 N–H and O–H groups in total. The van der Waals surface area contributed by atoms with Crippen molar-refractivity contribution in [2.75, 3.05) is 0 Å². The summed E-state index contributed by atoms with van der Waals surface area (Å²) in [6.45, 7) is 3.99. The maximum absolute atomic E-state index is 10.5. The van der Waals surface area contributed by atoms with E-state index in [1.165, 1.54) is 6.08 Å². The Morgan fingerprint density at radius 1 is 1.33 bits per heavy atom. The van der Waals surface area contributed by atoms with Gasteiger partial charge >= 0.3 is 5.97 Å². The first kappa shape index (κ1) is 12.6. The number of aromatic nitrogens is 1. The minimum Gasteiger partial charge on any atom is -0.478 e. The molecule has 0 spiro atoms. The SMILES string of the molecule is Cc1cc(C)c2nc(Cl)c(/C=C/C(=O)O)cc2c1. The fourth-order valence-corrected chi connectivity index (χ4v) is 2.13. The molecule has 0 radical (unpaired) electrons. The first-order chi connectivity index (χ1) is 8.47. The van der Waals surface area contributed by atoms with E-state index in [-0.39, 0.29) is 0 Å². The Labute approximate surface area is 110 Å². The molecular weight excluding hydrogens is 250 g/mol. The van der Waals surface area contributed by atoms with Crippen LogP contribution in [0.2, 0.25) is 5.15 Å². The van der Waals surface area contributed by atoms with Gasteiger partial charge in [0.25, 0.3) is 0 Å². The number of aryl methyl sites for hydroxylation is 2. The maximum atomic E-state index is 10.5. The Balaban J connectivity index is 2.64. The number of hydrogen-bond acceptors (Lipinski definition) is 2. The van der Waals surface area contributed by atoms with Gasteiger partial charge < -0.3 is 5.11 Å². The highest BCUT2D eigenvalue weighted by Crippen LogP contribution is 2.25. The fourth-order valence-electron chi connectivity index (χ4n) is 1.92. The number of benzene rings is 1. The number of rotatable bonds is 2. The van der Waals surface area contributed by atoms with E-state index in [4.69, 9.17) is 16.7 Å². The summed E-state index contributed by atoms with van der Waals surface area (Å²) < 4.78 is 0. The molecule has 4 heteroatoms. The second-order valence-corrected chi connectivity index (χ2v) is 4.55. The molecule has 92 valence electrons. The third kappa shape index (κ3) is 2.51. The summed E-state index contributed by atoms with van der Waals surface area (Å²) in [7, 11) is 0. The first-order valence-corrected chi connectivity index (χ1v) is 5.83. The quantitative estimate of drug-likeness (QED) is 0.664. The normalized spacial score (nSPS) is 11.3. The van der Waals surface area contributed by atoms with E-state index in [0.29, 0.717) is 10.7 Å². The van der Waals surface area contributed by atoms with Crippen LogP contribution < -0.4 is 0 Å². The molecule has 1 heterocycles. The van der Waals surface area contributed by atoms with Crippen LogP contribution in [0.1, 0.15) is 16.7 Å². The third-order valence-electron chi connectivity index (χ3n) is 2.64. The van der Waals surface area contributed by atoms with E-state index in [1.807, 2.05) is 32.0 Å². The van der Waals surface area contributed by atoms with Crippen molar-refractivity contribution in [1.82, 2.24) is 4.98 Å². The van der Waals surface area contributed by atoms with Crippen molar-refractivity contribution in [3.05, 3.63) is 46.1 Å². The molecule has 0 unspecified atom stereocenters. The molecule has 2 aromatic rings. The number of fused-ring (bicyclic) bond motifs is 1. The molecule has 0 fully saturated rings. The van der Waals surface area contributed by atoms with E-state index in [2.05, 4.69) is 4.98 Å². The van der Waals surface area contributed by atoms with Crippen LogP contribution in [0.5, 0.6) is 0 Å². The van der Waals surface area contributed by atoms with Crippen molar-refractivity contribution in [3.8, 4) is 0 Å². The van der Waals surface area contributed by atoms with E-state index in [1.54, 1.807) is 0 Å². The zero-order chi connectivity index (χ0) is 13.3. The van der Waals surface area contributed by atoms with Gasteiger partial charge in [0.2, 0.25) is 0 Å². The molecule has 0 amide bonds. The fraction of sp³-hybridized carbons (Fsp3) is 0.143. The Morgan fingerprint density at radius 3 is 2.72 bits per heavy atom. The Bertz CT molecular complexity index is 662. The molecular formula is C14H12ClNO2. The highest BCUT2D eigenvalue weighted by molar-refractivity contribution is 6.31. The average molecular weight is 262 g/mol. The topological polar surface area (TPSA) is 50.2 Å². The van der Waals surface area contributed by atoms with Gasteiger partial charge in [-0.05, 0) is 37.6 Å². The van der Waals surface area contributed by atoms with Crippen LogP contribution in [0, 0.1) is 13.8 Å². The predicted octanol–water partition coefficient (Wildman–Crippen LogP) is 3.60. The zero-order valence-electron chi connectivity index (χ0n) is 10.1. The average Bonchev–Trinajstić information content (AvgIpc) is 2.27. The van der Waals surface area contributed by atoms with Crippen LogP contribution in [-0.4, -0.2) is 16.1 Å². The van der Waals surface area contributed by atoms with Crippen LogP contribution in [0.15, 0.2) is 24.3 Å². The van der Waals surface area contributed by atoms with Crippen molar-refractivity contribution >= 4 is 34.5 Å². The van der Waals surface area contributed by atoms with Crippen LogP contribution in [-0.2, 0) is 4.79 Å². The van der Waals surface area contributed by atoms with Crippen LogP contribution >= 0.6 is 11.6 Å². The number of carbonyl (C=O) groups is 1. The van der Waals surface area contributed by atoms with Gasteiger partial charge in [0.05, 0.1) is 5.52 Å². The number of aliphatic carboxylic acids is 1. The second-order valence-electron chi connectivity index (χ2n) is 4.19. The number of hydrogen-bond donors (Lipinski definition) is 1. The van der Waals surface area contributed by atoms with Gasteiger partial charge in [-0.3, -0.25) is 0 Å². The number of halogens is 1. The predicted molar refractivity (Wildman–Crippen MR) is 72.9 cm³/mol. The van der Waals surface area contributed by atoms with Gasteiger partial charge in [0.15, 0.2) is 0 Å². The van der Waals surface area contributed by atoms with Crippen molar-refractivity contribution < 1.29 is 9.90 Å². The van der Waals surface area contributed by atoms with E-state index < -0.39 is 5.97 Å². The molecule has 2 rings (SSSR count). The minimum atomic E-state index is -1.01. The lowest BCUT2D eigenvalue weighted by molar-refractivity contribution is -0.131. The van der Waals surface area contributed by atoms with Crippen molar-refractivity contribution in [3.63, 3.8) is 0 Å². The molecule has 3 nitrogen and oxygen atoms in total. The molecule has 0 atom stereocenters. The molecule has 0 aliphatic carbocycles. The summed E-state index contributed by atoms with van der Waals surface area (Å²) >= 11 is 6.04. The van der Waals surface area contributed by atoms with Crippen molar-refractivity contribution in [1.29, 1.82) is 0 Å². The standard InChI is InChI=1S/C14H12ClNO2/c1-8-5-9(2)13-11(6-8)7-10(14(15)16-13)3-4-12(17)18/h3-7H,1-2H3,(H,17,18)/b4-3+. The molecule has 1 aromatic heterocycles. The summed E-state index contributed by atoms with van der Waals surface area (Å²) in [5.41, 5.74) is 3.65. The van der Waals surface area contributed by atoms with Gasteiger partial charge in [-0.15, -0.1) is 0 Å². The smallest absolute Gasteiger partial charge is 0.328 e. The summed E-state index contributed by atoms with van der Waals surface area (Å²) in [4.78, 5) is 14.8. The van der Waals surface area contributed by atoms with Crippen molar-refractivity contribution in [2.24, 2.45) is 0 Å². The van der Waals surface area contributed by atoms with Gasteiger partial charge in [0, 0.05) is 17.0 Å². The van der Waals surface area contributed by atoms with E-state index in [9.17, 15) is 4.79 Å². The Morgan fingerprint density at radius 2 is 2.06 bits per heavy atom. The summed E-state index contributed by atoms with van der Waals surface area (Å²) in [5, 5.41) is 9.89. The first-order valence-electron chi connectivity index (χ1n) is 5.46. The molecule has 0 bridgehead atoms. The monoisotopic (exact) mass is 261 g/mol. The summed E-state index contributed by atoms with van der Waals surface area (Å²) in [6.07, 6.45) is 2.51. The lowest BCUT2D eigenvalue weighted by Gasteiger charge is -2.06. The summed E-state index contributed by atoms with van der Waals surface area (Å²) in [6, 6.07) is 5.90. The summed E-state index contributed by atoms with van der Waals surface area (Å²) in [5.74, 6) is -1.01. The second kappa shape index (κ2) is 4.78. The Kier molecular flexibility index (Phi) is 3.34. The molecule has 18 heavy (non-hydrogen) atoms. The number of pyridine rings is 1. The molecule has 0 saturated carbocycles. The number of carboxylic acids is 1. The largest absolute Gasteiger partial charge is 0.478 e. The highest BCUT2D eigenvalue weighted by atomic mass is 35.5. The highest BCUT2D eigenvalue weighted by Gasteiger charge is 2.06. The van der Waals surface area contributed by atoms with Crippen LogP contribution in [0.4, 0.5) is 0 Å². The lowest BCUT2D eigenvalue weighted by Crippen LogP contribution is -1.90. The van der Waals surface area contributed by atoms with E-state index >= 15 is 0 Å². The minimum absolute atomic E-state index is 0.312. The molecule has 0 aliphatic heterocycles. The van der Waals surface area contributed by atoms with Crippen LogP contribution in [0.25, 0.3) is 17.0 Å². The molecule has 0 aliphatic rings. The lowest BCUT2D eigenvalue weighted by atomic mass is 10.1. The van der Waals surface area contributed by atoms with Gasteiger partial charge in [-0.1, -0.05) is 23.2 Å². The van der Waals surface area contributed by atoms with Gasteiger partial charge in [-0.25, -0.2) is 9.78 Å². The van der Waals surface area contributed by atoms with Crippen molar-refractivity contribution in [2.45, 2.75) is 13.8 Å². The van der Waals surface area contributed by atoms with Gasteiger partial charge in [0.1, 0.15) is 5.15 Å². The number of carboxylic acid groups (broad SMARTS) is 1. The third-order valence-corrected chi connectivity index (χ3v) is 2.94. The van der Waals surface area contributed by atoms with Gasteiger partial charge in [-0.2, -0.15) is 0 Å².